The zero-order chi connectivity index (χ0) is 30.2. The molecule has 10 nitrogen and oxygen atoms in total. The third-order valence-corrected chi connectivity index (χ3v) is 7.74. The van der Waals surface area contributed by atoms with Crippen molar-refractivity contribution in [2.24, 2.45) is 7.05 Å². The Morgan fingerprint density at radius 1 is 0.976 bits per heavy atom. The molecule has 0 atom stereocenters. The van der Waals surface area contributed by atoms with E-state index in [1.807, 2.05) is 51.6 Å². The molecule has 2 aliphatic heterocycles. The van der Waals surface area contributed by atoms with Crippen LogP contribution in [0.2, 0.25) is 5.02 Å². The molecule has 2 aliphatic rings. The molecule has 0 radical (unpaired) electrons. The third-order valence-electron chi connectivity index (χ3n) is 7.42. The molecule has 0 N–H and O–H groups in total. The molecule has 42 heavy (non-hydrogen) atoms. The highest BCUT2D eigenvalue weighted by Gasteiger charge is 2.29. The monoisotopic (exact) mass is 593 g/mol. The van der Waals surface area contributed by atoms with Crippen molar-refractivity contribution in [2.75, 3.05) is 37.7 Å². The van der Waals surface area contributed by atoms with Crippen LogP contribution in [0.5, 0.6) is 5.75 Å². The molecule has 1 aromatic heterocycles. The van der Waals surface area contributed by atoms with E-state index in [0.29, 0.717) is 50.5 Å². The molecule has 0 bridgehead atoms. The number of hydrogen-bond acceptors (Lipinski definition) is 6. The average Bonchev–Trinajstić information content (AvgIpc) is 3.18. The summed E-state index contributed by atoms with van der Waals surface area (Å²) in [5, 5.41) is 4.64. The fourth-order valence-electron chi connectivity index (χ4n) is 5.21. The molecular weight excluding hydrogens is 558 g/mol. The first-order valence-corrected chi connectivity index (χ1v) is 14.4. The van der Waals surface area contributed by atoms with E-state index < -0.39 is 5.60 Å². The van der Waals surface area contributed by atoms with E-state index in [2.05, 4.69) is 11.2 Å². The van der Waals surface area contributed by atoms with E-state index in [9.17, 15) is 14.4 Å². The van der Waals surface area contributed by atoms with Crippen molar-refractivity contribution in [3.8, 4) is 5.75 Å². The van der Waals surface area contributed by atoms with Crippen molar-refractivity contribution in [1.29, 1.82) is 0 Å². The lowest BCUT2D eigenvalue weighted by Crippen LogP contribution is -2.52. The van der Waals surface area contributed by atoms with Crippen LogP contribution in [0.3, 0.4) is 0 Å². The summed E-state index contributed by atoms with van der Waals surface area (Å²) < 4.78 is 13.0. The van der Waals surface area contributed by atoms with E-state index in [1.54, 1.807) is 39.1 Å². The number of halogens is 1. The number of piperazine rings is 1. The number of carbonyl (C=O) groups is 3. The van der Waals surface area contributed by atoms with Gasteiger partial charge < -0.3 is 24.2 Å². The Morgan fingerprint density at radius 2 is 1.69 bits per heavy atom. The minimum atomic E-state index is -0.571. The van der Waals surface area contributed by atoms with Crippen LogP contribution in [-0.2, 0) is 29.5 Å². The minimum Gasteiger partial charge on any atom is -0.484 e. The van der Waals surface area contributed by atoms with Crippen molar-refractivity contribution in [3.05, 3.63) is 75.6 Å². The quantitative estimate of drug-likeness (QED) is 0.439. The lowest BCUT2D eigenvalue weighted by Gasteiger charge is -2.35. The van der Waals surface area contributed by atoms with Crippen LogP contribution >= 0.6 is 11.6 Å². The number of amides is 3. The molecule has 11 heteroatoms. The van der Waals surface area contributed by atoms with Gasteiger partial charge in [0.25, 0.3) is 11.8 Å². The predicted molar refractivity (Wildman–Crippen MR) is 159 cm³/mol. The van der Waals surface area contributed by atoms with Crippen molar-refractivity contribution < 1.29 is 23.9 Å². The van der Waals surface area contributed by atoms with E-state index >= 15 is 0 Å². The maximum Gasteiger partial charge on any atom is 0.410 e. The Hall–Kier alpha value is -4.05. The van der Waals surface area contributed by atoms with Gasteiger partial charge in [-0.2, -0.15) is 5.10 Å². The Kier molecular flexibility index (Phi) is 8.19. The van der Waals surface area contributed by atoms with Crippen LogP contribution in [0.4, 0.5) is 10.5 Å². The van der Waals surface area contributed by atoms with Crippen molar-refractivity contribution in [1.82, 2.24) is 19.6 Å². The minimum absolute atomic E-state index is 0.182. The van der Waals surface area contributed by atoms with E-state index in [0.717, 1.165) is 28.1 Å². The van der Waals surface area contributed by atoms with Crippen molar-refractivity contribution >= 4 is 35.2 Å². The van der Waals surface area contributed by atoms with Gasteiger partial charge in [0.2, 0.25) is 0 Å². The van der Waals surface area contributed by atoms with Gasteiger partial charge >= 0.3 is 6.09 Å². The van der Waals surface area contributed by atoms with Gasteiger partial charge in [0, 0.05) is 56.6 Å². The van der Waals surface area contributed by atoms with E-state index in [4.69, 9.17) is 21.1 Å². The summed E-state index contributed by atoms with van der Waals surface area (Å²) in [6.45, 7) is 9.27. The summed E-state index contributed by atoms with van der Waals surface area (Å²) in [7, 11) is 1.91. The molecule has 222 valence electrons. The predicted octanol–water partition coefficient (Wildman–Crippen LogP) is 4.59. The first-order chi connectivity index (χ1) is 19.9. The normalized spacial score (nSPS) is 15.0. The average molecular weight is 594 g/mol. The summed E-state index contributed by atoms with van der Waals surface area (Å²) in [6, 6.07) is 10.9. The summed E-state index contributed by atoms with van der Waals surface area (Å²) >= 11 is 6.61. The number of hydrogen-bond donors (Lipinski definition) is 0. The number of anilines is 1. The second-order valence-electron chi connectivity index (χ2n) is 11.7. The third kappa shape index (κ3) is 6.38. The summed E-state index contributed by atoms with van der Waals surface area (Å²) in [6.07, 6.45) is 2.10. The molecule has 3 amide bonds. The van der Waals surface area contributed by atoms with Crippen LogP contribution in [-0.4, -0.2) is 75.9 Å². The lowest BCUT2D eigenvalue weighted by molar-refractivity contribution is -0.135. The second kappa shape index (κ2) is 11.7. The Morgan fingerprint density at radius 3 is 2.38 bits per heavy atom. The summed E-state index contributed by atoms with van der Waals surface area (Å²) in [4.78, 5) is 43.9. The highest BCUT2D eigenvalue weighted by Crippen LogP contribution is 2.34. The molecule has 3 aromatic rings. The number of ether oxygens (including phenoxy) is 2. The fraction of sp³-hybridized carbons (Fsp3) is 0.419. The number of carbonyl (C=O) groups excluding carboxylic acids is 3. The topological polar surface area (TPSA) is 97.2 Å². The zero-order valence-corrected chi connectivity index (χ0v) is 25.4. The molecule has 0 spiro atoms. The smallest absolute Gasteiger partial charge is 0.410 e. The molecule has 5 rings (SSSR count). The molecule has 0 aliphatic carbocycles. The van der Waals surface area contributed by atoms with Gasteiger partial charge in [-0.25, -0.2) is 4.79 Å². The number of benzene rings is 2. The van der Waals surface area contributed by atoms with Crippen molar-refractivity contribution in [2.45, 2.75) is 46.3 Å². The first-order valence-electron chi connectivity index (χ1n) is 14.0. The lowest BCUT2D eigenvalue weighted by atomic mass is 10.0. The van der Waals surface area contributed by atoms with Gasteiger partial charge in [0.15, 0.2) is 6.61 Å². The SMILES string of the molecule is Cc1ccc2c(c1)Cc1c(cnn1C)CN2C(=O)c1ccc(OCC(=O)N2CCN(C(=O)OC(C)(C)C)CC2)cc1Cl. The van der Waals surface area contributed by atoms with Gasteiger partial charge in [-0.15, -0.1) is 0 Å². The van der Waals surface area contributed by atoms with Gasteiger partial charge in [0.1, 0.15) is 11.4 Å². The zero-order valence-electron chi connectivity index (χ0n) is 24.6. The van der Waals surface area contributed by atoms with E-state index in [-0.39, 0.29) is 29.5 Å². The molecule has 2 aromatic carbocycles. The number of fused-ring (bicyclic) bond motifs is 2. The maximum absolute atomic E-state index is 13.8. The van der Waals surface area contributed by atoms with E-state index in [1.165, 1.54) is 0 Å². The molecule has 0 unspecified atom stereocenters. The summed E-state index contributed by atoms with van der Waals surface area (Å²) in [5.41, 5.74) is 4.84. The molecule has 0 saturated carbocycles. The largest absolute Gasteiger partial charge is 0.484 e. The number of nitrogens with zero attached hydrogens (tertiary/aromatic N) is 5. The van der Waals surface area contributed by atoms with Crippen LogP contribution < -0.4 is 9.64 Å². The van der Waals surface area contributed by atoms with Crippen LogP contribution in [0.15, 0.2) is 42.6 Å². The number of aryl methyl sites for hydroxylation is 2. The van der Waals surface area contributed by atoms with Gasteiger partial charge in [-0.3, -0.25) is 14.3 Å². The molecule has 1 fully saturated rings. The fourth-order valence-corrected chi connectivity index (χ4v) is 5.46. The molecule has 1 saturated heterocycles. The second-order valence-corrected chi connectivity index (χ2v) is 12.1. The summed E-state index contributed by atoms with van der Waals surface area (Å²) in [5.74, 6) is -0.0372. The number of rotatable bonds is 4. The van der Waals surface area contributed by atoms with Crippen molar-refractivity contribution in [3.63, 3.8) is 0 Å². The standard InChI is InChI=1S/C31H36ClN5O5/c1-20-6-9-26-21(14-20)15-27-22(17-33-34(27)5)18-37(26)29(39)24-8-7-23(16-25(24)32)41-19-28(38)35-10-12-36(13-11-35)30(40)42-31(2,3)4/h6-9,14,16-17H,10-13,15,18-19H2,1-5H3. The highest BCUT2D eigenvalue weighted by molar-refractivity contribution is 6.34. The highest BCUT2D eigenvalue weighted by atomic mass is 35.5. The Bertz CT molecular complexity index is 1520. The van der Waals surface area contributed by atoms with Gasteiger partial charge in [0.05, 0.1) is 23.3 Å². The van der Waals surface area contributed by atoms with Gasteiger partial charge in [-0.05, 0) is 57.5 Å². The molecule has 3 heterocycles. The van der Waals surface area contributed by atoms with Gasteiger partial charge in [-0.1, -0.05) is 29.3 Å². The van der Waals surface area contributed by atoms with Crippen LogP contribution in [0, 0.1) is 6.92 Å². The molecular formula is C31H36ClN5O5. The van der Waals surface area contributed by atoms with Crippen LogP contribution in [0.1, 0.15) is 53.5 Å². The Labute approximate surface area is 250 Å². The Balaban J connectivity index is 1.23. The van der Waals surface area contributed by atoms with Crippen LogP contribution in [0.25, 0.3) is 0 Å². The number of aromatic nitrogens is 2. The first kappa shape index (κ1) is 29.4. The maximum atomic E-state index is 13.8.